The third-order valence-corrected chi connectivity index (χ3v) is 5.93. The maximum atomic E-state index is 12.8. The minimum atomic E-state index is -0.122. The predicted octanol–water partition coefficient (Wildman–Crippen LogP) is 3.93. The molecule has 7 nitrogen and oxygen atoms in total. The summed E-state index contributed by atoms with van der Waals surface area (Å²) >= 11 is 0. The molecule has 0 bridgehead atoms. The number of nitrogens with one attached hydrogen (secondary N) is 1. The van der Waals surface area contributed by atoms with Gasteiger partial charge in [0.2, 0.25) is 0 Å². The van der Waals surface area contributed by atoms with Crippen LogP contribution in [0.25, 0.3) is 16.9 Å². The quantitative estimate of drug-likeness (QED) is 0.546. The highest BCUT2D eigenvalue weighted by Gasteiger charge is 2.18. The molecule has 156 valence electrons. The summed E-state index contributed by atoms with van der Waals surface area (Å²) in [6.07, 6.45) is 0. The maximum absolute atomic E-state index is 12.8. The topological polar surface area (TPSA) is 77.2 Å². The van der Waals surface area contributed by atoms with E-state index in [-0.39, 0.29) is 11.5 Å². The van der Waals surface area contributed by atoms with Crippen LogP contribution in [0.1, 0.15) is 41.1 Å². The number of benzene rings is 1. The first-order valence-electron chi connectivity index (χ1n) is 10.1. The Balaban J connectivity index is 1.75. The Labute approximate surface area is 175 Å². The van der Waals surface area contributed by atoms with Crippen molar-refractivity contribution in [2.24, 2.45) is 0 Å². The van der Waals surface area contributed by atoms with Crippen LogP contribution in [-0.2, 0) is 6.54 Å². The number of fused-ring (bicyclic) bond motifs is 1. The minimum absolute atomic E-state index is 0.0506. The summed E-state index contributed by atoms with van der Waals surface area (Å²) in [5, 5.41) is 7.83. The van der Waals surface area contributed by atoms with Gasteiger partial charge in [-0.15, -0.1) is 0 Å². The van der Waals surface area contributed by atoms with Gasteiger partial charge in [-0.2, -0.15) is 5.10 Å². The zero-order valence-electron chi connectivity index (χ0n) is 18.3. The van der Waals surface area contributed by atoms with Crippen molar-refractivity contribution in [3.63, 3.8) is 0 Å². The second-order valence-corrected chi connectivity index (χ2v) is 7.90. The Morgan fingerprint density at radius 3 is 2.57 bits per heavy atom. The number of hydrogen-bond acceptors (Lipinski definition) is 4. The number of H-pyrrole nitrogens is 1. The summed E-state index contributed by atoms with van der Waals surface area (Å²) in [5.74, 6) is 0.815. The molecule has 4 aromatic rings. The van der Waals surface area contributed by atoms with E-state index in [1.54, 1.807) is 13.2 Å². The fourth-order valence-electron chi connectivity index (χ4n) is 3.80. The third-order valence-electron chi connectivity index (χ3n) is 5.93. The molecule has 30 heavy (non-hydrogen) atoms. The van der Waals surface area contributed by atoms with E-state index in [1.807, 2.05) is 42.8 Å². The first kappa shape index (κ1) is 19.9. The normalized spacial score (nSPS) is 12.5. The summed E-state index contributed by atoms with van der Waals surface area (Å²) in [4.78, 5) is 17.7. The number of aryl methyl sites for hydroxylation is 2. The van der Waals surface area contributed by atoms with Crippen molar-refractivity contribution in [1.82, 2.24) is 24.4 Å². The zero-order valence-corrected chi connectivity index (χ0v) is 18.3. The van der Waals surface area contributed by atoms with Crippen LogP contribution >= 0.6 is 0 Å². The molecule has 0 saturated heterocycles. The van der Waals surface area contributed by atoms with Gasteiger partial charge in [0.1, 0.15) is 5.75 Å². The lowest BCUT2D eigenvalue weighted by atomic mass is 10.1. The Morgan fingerprint density at radius 2 is 1.90 bits per heavy atom. The molecule has 0 aliphatic carbocycles. The van der Waals surface area contributed by atoms with E-state index in [0.717, 1.165) is 39.7 Å². The molecule has 7 heteroatoms. The lowest BCUT2D eigenvalue weighted by Crippen LogP contribution is -2.18. The van der Waals surface area contributed by atoms with Gasteiger partial charge in [-0.05, 0) is 45.4 Å². The summed E-state index contributed by atoms with van der Waals surface area (Å²) < 4.78 is 8.85. The van der Waals surface area contributed by atoms with Crippen molar-refractivity contribution < 1.29 is 4.74 Å². The standard InChI is InChI=1S/C23H27N5O2/c1-13(12-27-17(5)14(2)16(4)25-27)20-11-21(29)28-23(24-20)15(3)22(26-28)18-8-7-9-19(10-18)30-6/h7-11,13,26H,12H2,1-6H3. The van der Waals surface area contributed by atoms with Gasteiger partial charge in [-0.1, -0.05) is 19.1 Å². The Bertz CT molecular complexity index is 1300. The van der Waals surface area contributed by atoms with E-state index in [2.05, 4.69) is 31.0 Å². The number of hydrogen-bond donors (Lipinski definition) is 1. The Kier molecular flexibility index (Phi) is 4.97. The van der Waals surface area contributed by atoms with Crippen molar-refractivity contribution in [1.29, 1.82) is 0 Å². The van der Waals surface area contributed by atoms with E-state index in [9.17, 15) is 4.79 Å². The largest absolute Gasteiger partial charge is 0.497 e. The van der Waals surface area contributed by atoms with E-state index in [1.165, 1.54) is 10.1 Å². The molecule has 3 heterocycles. The van der Waals surface area contributed by atoms with Gasteiger partial charge in [-0.25, -0.2) is 9.50 Å². The molecule has 1 aromatic carbocycles. The highest BCUT2D eigenvalue weighted by molar-refractivity contribution is 5.71. The van der Waals surface area contributed by atoms with E-state index >= 15 is 0 Å². The summed E-state index contributed by atoms with van der Waals surface area (Å²) in [5.41, 5.74) is 7.41. The van der Waals surface area contributed by atoms with Gasteiger partial charge in [-0.3, -0.25) is 14.6 Å². The average Bonchev–Trinajstić information content (AvgIpc) is 3.20. The molecule has 4 rings (SSSR count). The number of nitrogens with zero attached hydrogens (tertiary/aromatic N) is 4. The number of aromatic amines is 1. The molecule has 1 N–H and O–H groups in total. The summed E-state index contributed by atoms with van der Waals surface area (Å²) in [7, 11) is 1.64. The average molecular weight is 406 g/mol. The van der Waals surface area contributed by atoms with Crippen molar-refractivity contribution in [3.05, 3.63) is 68.9 Å². The van der Waals surface area contributed by atoms with Gasteiger partial charge in [0.25, 0.3) is 5.56 Å². The molecule has 0 saturated carbocycles. The van der Waals surface area contributed by atoms with Crippen molar-refractivity contribution in [2.45, 2.75) is 47.1 Å². The maximum Gasteiger partial charge on any atom is 0.272 e. The monoisotopic (exact) mass is 405 g/mol. The second kappa shape index (κ2) is 7.48. The first-order valence-corrected chi connectivity index (χ1v) is 10.1. The second-order valence-electron chi connectivity index (χ2n) is 7.90. The van der Waals surface area contributed by atoms with Crippen LogP contribution in [0.2, 0.25) is 0 Å². The Hall–Kier alpha value is -3.35. The SMILES string of the molecule is COc1cccc(-c2[nH]n3c(=O)cc(C(C)Cn4nc(C)c(C)c4C)nc3c2C)c1. The highest BCUT2D eigenvalue weighted by atomic mass is 16.5. The van der Waals surface area contributed by atoms with Crippen LogP contribution in [-0.4, -0.2) is 31.5 Å². The van der Waals surface area contributed by atoms with Gasteiger partial charge in [0.15, 0.2) is 5.65 Å². The first-order chi connectivity index (χ1) is 14.3. The number of ether oxygens (including phenoxy) is 1. The lowest BCUT2D eigenvalue weighted by molar-refractivity contribution is 0.415. The van der Waals surface area contributed by atoms with Crippen molar-refractivity contribution in [3.8, 4) is 17.0 Å². The molecule has 0 aliphatic rings. The Morgan fingerprint density at radius 1 is 1.13 bits per heavy atom. The molecule has 0 amide bonds. The third kappa shape index (κ3) is 3.30. The predicted molar refractivity (Wildman–Crippen MR) is 117 cm³/mol. The molecule has 0 fully saturated rings. The number of aromatic nitrogens is 5. The molecule has 0 radical (unpaired) electrons. The van der Waals surface area contributed by atoms with Crippen LogP contribution in [0.4, 0.5) is 0 Å². The van der Waals surface area contributed by atoms with E-state index < -0.39 is 0 Å². The van der Waals surface area contributed by atoms with Gasteiger partial charge >= 0.3 is 0 Å². The molecular weight excluding hydrogens is 378 g/mol. The molecule has 0 aliphatic heterocycles. The molecule has 1 atom stereocenters. The van der Waals surface area contributed by atoms with Crippen LogP contribution in [0, 0.1) is 27.7 Å². The van der Waals surface area contributed by atoms with Crippen molar-refractivity contribution in [2.75, 3.05) is 7.11 Å². The van der Waals surface area contributed by atoms with Gasteiger partial charge < -0.3 is 4.74 Å². The van der Waals surface area contributed by atoms with Crippen LogP contribution < -0.4 is 10.3 Å². The molecule has 0 spiro atoms. The highest BCUT2D eigenvalue weighted by Crippen LogP contribution is 2.27. The lowest BCUT2D eigenvalue weighted by Gasteiger charge is -2.13. The fourth-order valence-corrected chi connectivity index (χ4v) is 3.80. The fraction of sp³-hybridized carbons (Fsp3) is 0.348. The molecular formula is C23H27N5O2. The van der Waals surface area contributed by atoms with Gasteiger partial charge in [0, 0.05) is 35.3 Å². The van der Waals surface area contributed by atoms with Gasteiger partial charge in [0.05, 0.1) is 24.2 Å². The van der Waals surface area contributed by atoms with E-state index in [0.29, 0.717) is 12.2 Å². The minimum Gasteiger partial charge on any atom is -0.497 e. The van der Waals surface area contributed by atoms with Crippen LogP contribution in [0.5, 0.6) is 5.75 Å². The van der Waals surface area contributed by atoms with Crippen LogP contribution in [0.3, 0.4) is 0 Å². The summed E-state index contributed by atoms with van der Waals surface area (Å²) in [6, 6.07) is 9.37. The van der Waals surface area contributed by atoms with E-state index in [4.69, 9.17) is 9.72 Å². The van der Waals surface area contributed by atoms with Crippen molar-refractivity contribution >= 4 is 5.65 Å². The smallest absolute Gasteiger partial charge is 0.272 e. The summed E-state index contributed by atoms with van der Waals surface area (Å²) in [6.45, 7) is 10.9. The number of rotatable bonds is 5. The number of methoxy groups -OCH3 is 1. The molecule has 3 aromatic heterocycles. The zero-order chi connectivity index (χ0) is 21.6. The van der Waals surface area contributed by atoms with Crippen LogP contribution in [0.15, 0.2) is 35.1 Å². The molecule has 1 unspecified atom stereocenters.